The number of rotatable bonds is 7. The maximum Gasteiger partial charge on any atom is 0.251 e. The summed E-state index contributed by atoms with van der Waals surface area (Å²) >= 11 is 0. The molecule has 4 heterocycles. The number of aliphatic hydroxyl groups is 1. The molecule has 0 unspecified atom stereocenters. The quantitative estimate of drug-likeness (QED) is 0.303. The van der Waals surface area contributed by atoms with E-state index in [1.807, 2.05) is 36.1 Å². The zero-order valence-corrected chi connectivity index (χ0v) is 24.4. The molecule has 2 aliphatic heterocycles. The van der Waals surface area contributed by atoms with Gasteiger partial charge in [-0.1, -0.05) is 6.07 Å². The average molecular weight is 587 g/mol. The van der Waals surface area contributed by atoms with E-state index in [2.05, 4.69) is 20.5 Å². The van der Waals surface area contributed by atoms with E-state index in [4.69, 9.17) is 4.74 Å². The fraction of sp³-hybridized carbons (Fsp3) is 0.375. The fourth-order valence-corrected chi connectivity index (χ4v) is 6.18. The molecule has 2 fully saturated rings. The Kier molecular flexibility index (Phi) is 7.61. The minimum absolute atomic E-state index is 0.101. The summed E-state index contributed by atoms with van der Waals surface area (Å²) in [6.07, 6.45) is 2.79. The molecule has 0 aliphatic carbocycles. The highest BCUT2D eigenvalue weighted by atomic mass is 19.1. The van der Waals surface area contributed by atoms with E-state index >= 15 is 0 Å². The highest BCUT2D eigenvalue weighted by Crippen LogP contribution is 2.31. The molecule has 6 rings (SSSR count). The maximum atomic E-state index is 14.9. The second-order valence-corrected chi connectivity index (χ2v) is 11.8. The Morgan fingerprint density at radius 2 is 2.00 bits per heavy atom. The number of aromatic amines is 1. The molecule has 10 nitrogen and oxygen atoms in total. The third kappa shape index (κ3) is 5.82. The summed E-state index contributed by atoms with van der Waals surface area (Å²) in [4.78, 5) is 34.8. The number of benzene rings is 2. The minimum Gasteiger partial charge on any atom is -0.496 e. The standard InChI is InChI=1S/C32H35FN6O4/c1-19-13-20(11-12-34-19)29-23-14-21(7-9-26(23)36-37-29)30(40)35-22-8-10-27(31(41)39-17-32(2,42)18-39)38(15-22)16-24-25(33)5-4-6-28(24)43-3/h4-7,9,11-14,22,27,42H,8,10,15-18H2,1-3H3,(H,35,40)(H,36,37)/t22-,27+/m1/s1. The van der Waals surface area contributed by atoms with Gasteiger partial charge in [0, 0.05) is 53.1 Å². The molecule has 4 aromatic rings. The van der Waals surface area contributed by atoms with Crippen LogP contribution in [0.4, 0.5) is 4.39 Å². The number of piperidine rings is 1. The van der Waals surface area contributed by atoms with Gasteiger partial charge in [0.1, 0.15) is 17.3 Å². The number of carbonyl (C=O) groups excluding carboxylic acids is 2. The van der Waals surface area contributed by atoms with Crippen molar-refractivity contribution >= 4 is 22.7 Å². The van der Waals surface area contributed by atoms with Gasteiger partial charge in [0.25, 0.3) is 5.91 Å². The number of halogens is 1. The number of aromatic nitrogens is 3. The molecule has 2 amide bonds. The third-order valence-electron chi connectivity index (χ3n) is 8.33. The Hall–Kier alpha value is -4.35. The van der Waals surface area contributed by atoms with E-state index in [0.717, 1.165) is 27.9 Å². The summed E-state index contributed by atoms with van der Waals surface area (Å²) in [5, 5.41) is 21.7. The number of hydrogen-bond donors (Lipinski definition) is 3. The van der Waals surface area contributed by atoms with Gasteiger partial charge in [-0.15, -0.1) is 0 Å². The Morgan fingerprint density at radius 1 is 1.19 bits per heavy atom. The number of hydrogen-bond acceptors (Lipinski definition) is 7. The molecule has 11 heteroatoms. The summed E-state index contributed by atoms with van der Waals surface area (Å²) in [6, 6.07) is 13.1. The lowest BCUT2D eigenvalue weighted by Crippen LogP contribution is -2.66. The van der Waals surface area contributed by atoms with Gasteiger partial charge < -0.3 is 20.1 Å². The lowest BCUT2D eigenvalue weighted by Gasteiger charge is -2.48. The number of β-amino-alcohol motifs (C(OH)–C–C–N with tert-alkyl or cyclic N) is 1. The monoisotopic (exact) mass is 586 g/mol. The van der Waals surface area contributed by atoms with Crippen LogP contribution in [-0.2, 0) is 11.3 Å². The smallest absolute Gasteiger partial charge is 0.251 e. The highest BCUT2D eigenvalue weighted by Gasteiger charge is 2.44. The van der Waals surface area contributed by atoms with Gasteiger partial charge in [-0.25, -0.2) is 4.39 Å². The maximum absolute atomic E-state index is 14.9. The molecule has 43 heavy (non-hydrogen) atoms. The summed E-state index contributed by atoms with van der Waals surface area (Å²) in [7, 11) is 1.49. The molecule has 0 spiro atoms. The lowest BCUT2D eigenvalue weighted by atomic mass is 9.91. The predicted molar refractivity (Wildman–Crippen MR) is 159 cm³/mol. The van der Waals surface area contributed by atoms with Gasteiger partial charge in [0.05, 0.1) is 37.4 Å². The van der Waals surface area contributed by atoms with Crippen LogP contribution in [0.25, 0.3) is 22.2 Å². The molecule has 2 saturated heterocycles. The second kappa shape index (κ2) is 11.4. The first-order valence-electron chi connectivity index (χ1n) is 14.4. The number of aryl methyl sites for hydroxylation is 1. The van der Waals surface area contributed by atoms with Crippen LogP contribution in [-0.4, -0.2) is 86.3 Å². The van der Waals surface area contributed by atoms with Gasteiger partial charge in [-0.3, -0.25) is 24.6 Å². The highest BCUT2D eigenvalue weighted by molar-refractivity contribution is 6.01. The van der Waals surface area contributed by atoms with E-state index in [1.54, 1.807) is 36.2 Å². The predicted octanol–water partition coefficient (Wildman–Crippen LogP) is 3.44. The van der Waals surface area contributed by atoms with E-state index in [9.17, 15) is 19.1 Å². The van der Waals surface area contributed by atoms with Crippen molar-refractivity contribution in [2.45, 2.75) is 50.9 Å². The third-order valence-corrected chi connectivity index (χ3v) is 8.33. The molecule has 0 bridgehead atoms. The van der Waals surface area contributed by atoms with E-state index < -0.39 is 17.5 Å². The normalized spacial score (nSPS) is 20.1. The van der Waals surface area contributed by atoms with Gasteiger partial charge in [-0.2, -0.15) is 5.10 Å². The van der Waals surface area contributed by atoms with Crippen molar-refractivity contribution in [1.29, 1.82) is 0 Å². The van der Waals surface area contributed by atoms with E-state index in [0.29, 0.717) is 36.3 Å². The van der Waals surface area contributed by atoms with Gasteiger partial charge in [0.2, 0.25) is 5.91 Å². The Balaban J connectivity index is 1.22. The summed E-state index contributed by atoms with van der Waals surface area (Å²) < 4.78 is 20.4. The van der Waals surface area contributed by atoms with E-state index in [-0.39, 0.29) is 37.5 Å². The average Bonchev–Trinajstić information content (AvgIpc) is 3.40. The van der Waals surface area contributed by atoms with Crippen molar-refractivity contribution in [1.82, 2.24) is 30.3 Å². The topological polar surface area (TPSA) is 124 Å². The van der Waals surface area contributed by atoms with Crippen molar-refractivity contribution in [3.05, 3.63) is 77.4 Å². The Bertz CT molecular complexity index is 1680. The first-order valence-corrected chi connectivity index (χ1v) is 14.4. The zero-order valence-electron chi connectivity index (χ0n) is 24.4. The number of nitrogens with zero attached hydrogens (tertiary/aromatic N) is 4. The Morgan fingerprint density at radius 3 is 2.74 bits per heavy atom. The first-order chi connectivity index (χ1) is 20.6. The van der Waals surface area contributed by atoms with Crippen molar-refractivity contribution in [3.63, 3.8) is 0 Å². The summed E-state index contributed by atoms with van der Waals surface area (Å²) in [5.74, 6) is -0.358. The molecule has 2 aromatic carbocycles. The van der Waals surface area contributed by atoms with Crippen molar-refractivity contribution in [3.8, 4) is 17.0 Å². The first kappa shape index (κ1) is 28.8. The van der Waals surface area contributed by atoms with Crippen LogP contribution in [0.5, 0.6) is 5.75 Å². The number of H-pyrrole nitrogens is 1. The van der Waals surface area contributed by atoms with Crippen LogP contribution < -0.4 is 10.1 Å². The molecule has 2 aromatic heterocycles. The number of nitrogens with one attached hydrogen (secondary N) is 2. The number of likely N-dealkylation sites (tertiary alicyclic amines) is 2. The van der Waals surface area contributed by atoms with Crippen LogP contribution in [0, 0.1) is 12.7 Å². The van der Waals surface area contributed by atoms with Gasteiger partial charge in [-0.05, 0) is 69.2 Å². The molecule has 0 radical (unpaired) electrons. The van der Waals surface area contributed by atoms with Crippen LogP contribution in [0.1, 0.15) is 41.4 Å². The molecule has 3 N–H and O–H groups in total. The number of ether oxygens (including phenoxy) is 1. The Labute approximate surface area is 248 Å². The molecule has 224 valence electrons. The molecular formula is C32H35FN6O4. The zero-order chi connectivity index (χ0) is 30.3. The number of fused-ring (bicyclic) bond motifs is 1. The number of carbonyl (C=O) groups is 2. The van der Waals surface area contributed by atoms with Crippen LogP contribution in [0.2, 0.25) is 0 Å². The number of pyridine rings is 1. The van der Waals surface area contributed by atoms with E-state index in [1.165, 1.54) is 13.2 Å². The van der Waals surface area contributed by atoms with Crippen molar-refractivity contribution < 1.29 is 23.8 Å². The molecule has 2 atom stereocenters. The number of amides is 2. The van der Waals surface area contributed by atoms with Crippen LogP contribution in [0.3, 0.4) is 0 Å². The van der Waals surface area contributed by atoms with Crippen LogP contribution >= 0.6 is 0 Å². The lowest BCUT2D eigenvalue weighted by molar-refractivity contribution is -0.159. The van der Waals surface area contributed by atoms with Crippen LogP contribution in [0.15, 0.2) is 54.7 Å². The summed E-state index contributed by atoms with van der Waals surface area (Å²) in [6.45, 7) is 4.62. The number of methoxy groups -OCH3 is 1. The molecular weight excluding hydrogens is 551 g/mol. The van der Waals surface area contributed by atoms with Crippen molar-refractivity contribution in [2.75, 3.05) is 26.7 Å². The minimum atomic E-state index is -0.896. The largest absolute Gasteiger partial charge is 0.496 e. The van der Waals surface area contributed by atoms with Crippen molar-refractivity contribution in [2.24, 2.45) is 0 Å². The SMILES string of the molecule is COc1cccc(F)c1CN1C[C@H](NC(=O)c2ccc3[nH]nc(-c4ccnc(C)c4)c3c2)CC[C@H]1C(=O)N1CC(C)(O)C1. The second-order valence-electron chi connectivity index (χ2n) is 11.8. The summed E-state index contributed by atoms with van der Waals surface area (Å²) in [5.41, 5.74) is 3.28. The van der Waals surface area contributed by atoms with Gasteiger partial charge in [0.15, 0.2) is 0 Å². The van der Waals surface area contributed by atoms with Gasteiger partial charge >= 0.3 is 0 Å². The molecule has 0 saturated carbocycles. The fourth-order valence-electron chi connectivity index (χ4n) is 6.18. The molecule has 2 aliphatic rings.